The number of carbonyl (C=O) groups excluding carboxylic acids is 1. The van der Waals surface area contributed by atoms with E-state index in [9.17, 15) is 9.90 Å². The lowest BCUT2D eigenvalue weighted by molar-refractivity contribution is 0.0480. The average molecular weight is 252 g/mol. The van der Waals surface area contributed by atoms with Gasteiger partial charge in [0.05, 0.1) is 18.3 Å². The second-order valence-corrected chi connectivity index (χ2v) is 5.09. The van der Waals surface area contributed by atoms with Crippen molar-refractivity contribution in [3.05, 3.63) is 29.6 Å². The van der Waals surface area contributed by atoms with Crippen LogP contribution in [-0.2, 0) is 4.74 Å². The van der Waals surface area contributed by atoms with Crippen LogP contribution < -0.4 is 5.32 Å². The Morgan fingerprint density at radius 3 is 2.72 bits per heavy atom. The molecule has 0 spiro atoms. The highest BCUT2D eigenvalue weighted by molar-refractivity contribution is 5.68. The molecular weight excluding hydrogens is 232 g/mol. The van der Waals surface area contributed by atoms with Crippen LogP contribution in [0.3, 0.4) is 0 Å². The SMILES string of the molecule is Cc1cccnc1[C@@H](CO)NC(=O)OC(C)(C)C. The Morgan fingerprint density at radius 2 is 2.22 bits per heavy atom. The number of aliphatic hydroxyl groups is 1. The van der Waals surface area contributed by atoms with Crippen molar-refractivity contribution < 1.29 is 14.6 Å². The van der Waals surface area contributed by atoms with Crippen molar-refractivity contribution in [2.24, 2.45) is 0 Å². The van der Waals surface area contributed by atoms with Gasteiger partial charge in [0.1, 0.15) is 5.60 Å². The van der Waals surface area contributed by atoms with Crippen molar-refractivity contribution in [1.29, 1.82) is 0 Å². The van der Waals surface area contributed by atoms with Crippen LogP contribution in [-0.4, -0.2) is 28.4 Å². The molecule has 1 rings (SSSR count). The number of hydrogen-bond acceptors (Lipinski definition) is 4. The summed E-state index contributed by atoms with van der Waals surface area (Å²) in [5, 5.41) is 11.9. The predicted octanol–water partition coefficient (Wildman–Crippen LogP) is 1.95. The van der Waals surface area contributed by atoms with Gasteiger partial charge in [-0.1, -0.05) is 6.07 Å². The highest BCUT2D eigenvalue weighted by Crippen LogP contribution is 2.15. The van der Waals surface area contributed by atoms with Gasteiger partial charge in [0.25, 0.3) is 0 Å². The topological polar surface area (TPSA) is 71.5 Å². The van der Waals surface area contributed by atoms with Crippen LogP contribution in [0.1, 0.15) is 38.1 Å². The fourth-order valence-electron chi connectivity index (χ4n) is 1.51. The molecule has 1 aromatic heterocycles. The van der Waals surface area contributed by atoms with Gasteiger partial charge in [0.15, 0.2) is 0 Å². The number of pyridine rings is 1. The highest BCUT2D eigenvalue weighted by atomic mass is 16.6. The molecule has 1 amide bonds. The van der Waals surface area contributed by atoms with Gasteiger partial charge in [-0.15, -0.1) is 0 Å². The summed E-state index contributed by atoms with van der Waals surface area (Å²) in [6.45, 7) is 7.00. The number of nitrogens with one attached hydrogen (secondary N) is 1. The summed E-state index contributed by atoms with van der Waals surface area (Å²) in [6, 6.07) is 3.13. The standard InChI is InChI=1S/C13H20N2O3/c1-9-6-5-7-14-11(9)10(8-16)15-12(17)18-13(2,3)4/h5-7,10,16H,8H2,1-4H3,(H,15,17)/t10-/m1/s1. The van der Waals surface area contributed by atoms with E-state index in [1.54, 1.807) is 33.0 Å². The molecule has 0 aliphatic carbocycles. The summed E-state index contributed by atoms with van der Waals surface area (Å²) < 4.78 is 5.14. The van der Waals surface area contributed by atoms with Crippen LogP contribution in [0.25, 0.3) is 0 Å². The molecule has 0 bridgehead atoms. The Kier molecular flexibility index (Phi) is 4.67. The Balaban J connectivity index is 2.74. The molecule has 2 N–H and O–H groups in total. The first-order valence-electron chi connectivity index (χ1n) is 5.85. The van der Waals surface area contributed by atoms with Gasteiger partial charge in [-0.3, -0.25) is 4.98 Å². The molecule has 0 unspecified atom stereocenters. The summed E-state index contributed by atoms with van der Waals surface area (Å²) in [5.41, 5.74) is 0.988. The Labute approximate surface area is 107 Å². The number of aliphatic hydroxyl groups excluding tert-OH is 1. The summed E-state index contributed by atoms with van der Waals surface area (Å²) in [6.07, 6.45) is 1.06. The molecule has 0 aliphatic rings. The van der Waals surface area contributed by atoms with Gasteiger partial charge in [0.2, 0.25) is 0 Å². The molecule has 5 nitrogen and oxygen atoms in total. The van der Waals surface area contributed by atoms with Crippen LogP contribution >= 0.6 is 0 Å². The minimum Gasteiger partial charge on any atom is -0.444 e. The fourth-order valence-corrected chi connectivity index (χ4v) is 1.51. The lowest BCUT2D eigenvalue weighted by Crippen LogP contribution is -2.36. The molecule has 1 atom stereocenters. The van der Waals surface area contributed by atoms with Gasteiger partial charge >= 0.3 is 6.09 Å². The lowest BCUT2D eigenvalue weighted by atomic mass is 10.1. The molecule has 100 valence electrons. The average Bonchev–Trinajstić information content (AvgIpc) is 2.24. The van der Waals surface area contributed by atoms with E-state index in [1.807, 2.05) is 13.0 Å². The van der Waals surface area contributed by atoms with E-state index in [0.717, 1.165) is 5.56 Å². The number of aryl methyl sites for hydroxylation is 1. The molecule has 0 fully saturated rings. The van der Waals surface area contributed by atoms with Crippen molar-refractivity contribution in [1.82, 2.24) is 10.3 Å². The second kappa shape index (κ2) is 5.82. The quantitative estimate of drug-likeness (QED) is 0.862. The molecule has 0 saturated carbocycles. The zero-order valence-electron chi connectivity index (χ0n) is 11.2. The summed E-state index contributed by atoms with van der Waals surface area (Å²) in [7, 11) is 0. The lowest BCUT2D eigenvalue weighted by Gasteiger charge is -2.23. The molecule has 0 aliphatic heterocycles. The monoisotopic (exact) mass is 252 g/mol. The minimum absolute atomic E-state index is 0.225. The van der Waals surface area contributed by atoms with Crippen LogP contribution in [0.2, 0.25) is 0 Å². The summed E-state index contributed by atoms with van der Waals surface area (Å²) in [4.78, 5) is 15.8. The molecule has 1 aromatic rings. The number of amides is 1. The van der Waals surface area contributed by atoms with E-state index >= 15 is 0 Å². The van der Waals surface area contributed by atoms with Crippen molar-refractivity contribution in [2.45, 2.75) is 39.3 Å². The van der Waals surface area contributed by atoms with Gasteiger partial charge in [-0.05, 0) is 39.3 Å². The Hall–Kier alpha value is -1.62. The summed E-state index contributed by atoms with van der Waals surface area (Å²) in [5.74, 6) is 0. The zero-order valence-corrected chi connectivity index (χ0v) is 11.2. The van der Waals surface area contributed by atoms with E-state index in [4.69, 9.17) is 4.74 Å². The highest BCUT2D eigenvalue weighted by Gasteiger charge is 2.21. The van der Waals surface area contributed by atoms with Crippen LogP contribution in [0.5, 0.6) is 0 Å². The number of alkyl carbamates (subject to hydrolysis) is 1. The third-order valence-electron chi connectivity index (χ3n) is 2.25. The molecular formula is C13H20N2O3. The Morgan fingerprint density at radius 1 is 1.56 bits per heavy atom. The minimum atomic E-state index is -0.566. The van der Waals surface area contributed by atoms with Crippen LogP contribution in [0, 0.1) is 6.92 Å². The Bertz CT molecular complexity index is 413. The number of hydrogen-bond donors (Lipinski definition) is 2. The van der Waals surface area contributed by atoms with Gasteiger partial charge in [-0.25, -0.2) is 4.79 Å². The van der Waals surface area contributed by atoms with Gasteiger partial charge in [0, 0.05) is 6.20 Å². The first-order chi connectivity index (χ1) is 8.33. The largest absolute Gasteiger partial charge is 0.444 e. The summed E-state index contributed by atoms with van der Waals surface area (Å²) >= 11 is 0. The second-order valence-electron chi connectivity index (χ2n) is 5.09. The maximum absolute atomic E-state index is 11.6. The van der Waals surface area contributed by atoms with E-state index in [0.29, 0.717) is 5.69 Å². The molecule has 0 aromatic carbocycles. The number of nitrogens with zero attached hydrogens (tertiary/aromatic N) is 1. The van der Waals surface area contributed by atoms with E-state index in [1.165, 1.54) is 0 Å². The first-order valence-corrected chi connectivity index (χ1v) is 5.85. The fraction of sp³-hybridized carbons (Fsp3) is 0.538. The van der Waals surface area contributed by atoms with Crippen LogP contribution in [0.15, 0.2) is 18.3 Å². The molecule has 5 heteroatoms. The number of rotatable bonds is 3. The number of ether oxygens (including phenoxy) is 1. The van der Waals surface area contributed by atoms with Crippen LogP contribution in [0.4, 0.5) is 4.79 Å². The van der Waals surface area contributed by atoms with E-state index in [2.05, 4.69) is 10.3 Å². The zero-order chi connectivity index (χ0) is 13.8. The van der Waals surface area contributed by atoms with Crippen molar-refractivity contribution in [2.75, 3.05) is 6.61 Å². The third-order valence-corrected chi connectivity index (χ3v) is 2.25. The van der Waals surface area contributed by atoms with Gasteiger partial charge in [-0.2, -0.15) is 0 Å². The van der Waals surface area contributed by atoms with E-state index < -0.39 is 17.7 Å². The van der Waals surface area contributed by atoms with Gasteiger partial charge < -0.3 is 15.2 Å². The van der Waals surface area contributed by atoms with Crippen molar-refractivity contribution in [3.63, 3.8) is 0 Å². The molecule has 0 radical (unpaired) electrons. The van der Waals surface area contributed by atoms with Crippen molar-refractivity contribution in [3.8, 4) is 0 Å². The smallest absolute Gasteiger partial charge is 0.408 e. The number of carbonyl (C=O) groups is 1. The maximum Gasteiger partial charge on any atom is 0.408 e. The molecule has 1 heterocycles. The first kappa shape index (κ1) is 14.4. The molecule has 0 saturated heterocycles. The molecule has 18 heavy (non-hydrogen) atoms. The van der Waals surface area contributed by atoms with E-state index in [-0.39, 0.29) is 6.61 Å². The maximum atomic E-state index is 11.6. The normalized spacial score (nSPS) is 12.9. The predicted molar refractivity (Wildman–Crippen MR) is 68.2 cm³/mol. The number of aromatic nitrogens is 1. The van der Waals surface area contributed by atoms with Crippen molar-refractivity contribution >= 4 is 6.09 Å². The third kappa shape index (κ3) is 4.33.